The smallest absolute Gasteiger partial charge is 0.253 e. The number of rotatable bonds is 4. The van der Waals surface area contributed by atoms with Crippen LogP contribution in [0.2, 0.25) is 0 Å². The Morgan fingerprint density at radius 3 is 2.76 bits per heavy atom. The molecule has 0 radical (unpaired) electrons. The zero-order valence-electron chi connectivity index (χ0n) is 15.7. The summed E-state index contributed by atoms with van der Waals surface area (Å²) in [7, 11) is -3.57. The van der Waals surface area contributed by atoms with Gasteiger partial charge in [-0.05, 0) is 60.4 Å². The molecule has 0 spiro atoms. The molecule has 3 aromatic rings. The molecule has 1 aromatic carbocycles. The third-order valence-electron chi connectivity index (χ3n) is 5.24. The molecule has 1 fully saturated rings. The molecule has 1 atom stereocenters. The zero-order chi connectivity index (χ0) is 19.8. The van der Waals surface area contributed by atoms with Crippen LogP contribution in [0.1, 0.15) is 24.4 Å². The van der Waals surface area contributed by atoms with Crippen molar-refractivity contribution >= 4 is 21.4 Å². The van der Waals surface area contributed by atoms with Gasteiger partial charge in [-0.25, -0.2) is 8.42 Å². The summed E-state index contributed by atoms with van der Waals surface area (Å²) in [5.41, 5.74) is 1.86. The van der Waals surface area contributed by atoms with Gasteiger partial charge in [0, 0.05) is 23.8 Å². The van der Waals surface area contributed by atoms with Crippen molar-refractivity contribution in [2.45, 2.75) is 23.1 Å². The van der Waals surface area contributed by atoms with Crippen molar-refractivity contribution in [1.29, 1.82) is 0 Å². The Hall–Kier alpha value is -2.42. The number of benzene rings is 1. The normalized spacial score (nSPS) is 19.4. The van der Waals surface area contributed by atoms with Gasteiger partial charge in [0.1, 0.15) is 17.4 Å². The number of hydrogen-bond acceptors (Lipinski definition) is 6. The average Bonchev–Trinajstić information content (AvgIpc) is 3.45. The molecule has 2 aliphatic heterocycles. The lowest BCUT2D eigenvalue weighted by atomic mass is 10.1. The Kier molecular flexibility index (Phi) is 4.77. The molecule has 8 heteroatoms. The van der Waals surface area contributed by atoms with E-state index in [9.17, 15) is 8.42 Å². The van der Waals surface area contributed by atoms with Gasteiger partial charge in [0.15, 0.2) is 11.5 Å². The van der Waals surface area contributed by atoms with Crippen LogP contribution in [-0.4, -0.2) is 37.5 Å². The molecule has 5 rings (SSSR count). The highest BCUT2D eigenvalue weighted by Gasteiger charge is 2.37. The van der Waals surface area contributed by atoms with Crippen LogP contribution < -0.4 is 9.47 Å². The van der Waals surface area contributed by atoms with Crippen LogP contribution in [0.3, 0.4) is 0 Å². The van der Waals surface area contributed by atoms with Gasteiger partial charge < -0.3 is 9.47 Å². The van der Waals surface area contributed by atoms with E-state index >= 15 is 0 Å². The summed E-state index contributed by atoms with van der Waals surface area (Å²) in [6.07, 6.45) is 5.12. The Morgan fingerprint density at radius 2 is 1.93 bits per heavy atom. The molecule has 2 aromatic heterocycles. The van der Waals surface area contributed by atoms with Crippen molar-refractivity contribution in [3.63, 3.8) is 0 Å². The number of fused-ring (bicyclic) bond motifs is 1. The molecule has 0 bridgehead atoms. The summed E-state index contributed by atoms with van der Waals surface area (Å²) in [5, 5.41) is 0. The van der Waals surface area contributed by atoms with Crippen LogP contribution >= 0.6 is 11.3 Å². The molecule has 4 heterocycles. The minimum atomic E-state index is -3.57. The van der Waals surface area contributed by atoms with Crippen molar-refractivity contribution < 1.29 is 17.9 Å². The van der Waals surface area contributed by atoms with E-state index < -0.39 is 10.0 Å². The van der Waals surface area contributed by atoms with E-state index in [1.807, 2.05) is 36.4 Å². The van der Waals surface area contributed by atoms with Crippen molar-refractivity contribution in [3.8, 4) is 21.9 Å². The molecule has 150 valence electrons. The van der Waals surface area contributed by atoms with E-state index in [1.165, 1.54) is 11.3 Å². The van der Waals surface area contributed by atoms with Crippen molar-refractivity contribution in [2.75, 3.05) is 19.8 Å². The maximum absolute atomic E-state index is 13.4. The Bertz CT molecular complexity index is 1130. The van der Waals surface area contributed by atoms with E-state index in [-0.39, 0.29) is 6.04 Å². The quantitative estimate of drug-likeness (QED) is 0.626. The molecular weight excluding hydrogens is 408 g/mol. The van der Waals surface area contributed by atoms with Crippen LogP contribution in [0, 0.1) is 0 Å². The fourth-order valence-electron chi connectivity index (χ4n) is 3.86. The van der Waals surface area contributed by atoms with Crippen LogP contribution in [0.5, 0.6) is 11.5 Å². The number of nitrogens with zero attached hydrogens (tertiary/aromatic N) is 2. The fraction of sp³-hybridized carbons (Fsp3) is 0.286. The van der Waals surface area contributed by atoms with Gasteiger partial charge in [-0.15, -0.1) is 11.3 Å². The predicted octanol–water partition coefficient (Wildman–Crippen LogP) is 4.11. The monoisotopic (exact) mass is 428 g/mol. The molecule has 0 aliphatic carbocycles. The Morgan fingerprint density at radius 1 is 1.07 bits per heavy atom. The molecule has 0 N–H and O–H groups in total. The molecule has 1 saturated heterocycles. The van der Waals surface area contributed by atoms with Crippen LogP contribution in [0.4, 0.5) is 0 Å². The fourth-order valence-corrected chi connectivity index (χ4v) is 6.97. The summed E-state index contributed by atoms with van der Waals surface area (Å²) in [5.74, 6) is 1.42. The second-order valence-corrected chi connectivity index (χ2v) is 10.2. The highest BCUT2D eigenvalue weighted by atomic mass is 32.2. The largest absolute Gasteiger partial charge is 0.486 e. The number of hydrogen-bond donors (Lipinski definition) is 0. The lowest BCUT2D eigenvalue weighted by Crippen LogP contribution is -2.30. The van der Waals surface area contributed by atoms with Gasteiger partial charge in [0.2, 0.25) is 0 Å². The van der Waals surface area contributed by atoms with E-state index in [4.69, 9.17) is 9.47 Å². The first-order valence-electron chi connectivity index (χ1n) is 9.54. The summed E-state index contributed by atoms with van der Waals surface area (Å²) >= 11 is 1.29. The molecule has 29 heavy (non-hydrogen) atoms. The summed E-state index contributed by atoms with van der Waals surface area (Å²) < 4.78 is 39.9. The first-order chi connectivity index (χ1) is 14.1. The third-order valence-corrected chi connectivity index (χ3v) is 8.75. The van der Waals surface area contributed by atoms with Gasteiger partial charge in [0.05, 0.1) is 6.04 Å². The number of pyridine rings is 1. The van der Waals surface area contributed by atoms with Gasteiger partial charge >= 0.3 is 0 Å². The maximum Gasteiger partial charge on any atom is 0.253 e. The lowest BCUT2D eigenvalue weighted by Gasteiger charge is -2.23. The van der Waals surface area contributed by atoms with Crippen LogP contribution in [0.15, 0.2) is 59.1 Å². The standard InChI is InChI=1S/C21H20N2O4S2/c24-29(25,23-10-2-4-17(23)16-3-1-9-22-14-16)21-8-7-20(28-21)15-5-6-18-19(13-15)27-12-11-26-18/h1,3,5-9,13-14,17H,2,4,10-12H2. The van der Waals surface area contributed by atoms with Crippen LogP contribution in [-0.2, 0) is 10.0 Å². The highest BCUT2D eigenvalue weighted by molar-refractivity contribution is 7.91. The molecular formula is C21H20N2O4S2. The first-order valence-corrected chi connectivity index (χ1v) is 11.8. The second-order valence-electron chi connectivity index (χ2n) is 7.04. The molecule has 1 unspecified atom stereocenters. The van der Waals surface area contributed by atoms with Gasteiger partial charge in [-0.1, -0.05) is 6.07 Å². The number of ether oxygens (including phenoxy) is 2. The predicted molar refractivity (Wildman–Crippen MR) is 111 cm³/mol. The van der Waals surface area contributed by atoms with Gasteiger partial charge in [0.25, 0.3) is 10.0 Å². The summed E-state index contributed by atoms with van der Waals surface area (Å²) in [6.45, 7) is 1.59. The second kappa shape index (κ2) is 7.44. The number of aromatic nitrogens is 1. The average molecular weight is 429 g/mol. The lowest BCUT2D eigenvalue weighted by molar-refractivity contribution is 0.171. The topological polar surface area (TPSA) is 68.7 Å². The van der Waals surface area contributed by atoms with Gasteiger partial charge in [-0.2, -0.15) is 4.31 Å². The first kappa shape index (κ1) is 18.6. The summed E-state index contributed by atoms with van der Waals surface area (Å²) in [4.78, 5) is 5.04. The minimum absolute atomic E-state index is 0.159. The molecule has 2 aliphatic rings. The van der Waals surface area contributed by atoms with E-state index in [2.05, 4.69) is 4.98 Å². The van der Waals surface area contributed by atoms with E-state index in [1.54, 1.807) is 22.8 Å². The zero-order valence-corrected chi connectivity index (χ0v) is 17.3. The van der Waals surface area contributed by atoms with Crippen LogP contribution in [0.25, 0.3) is 10.4 Å². The van der Waals surface area contributed by atoms with Crippen molar-refractivity contribution in [2.24, 2.45) is 0 Å². The highest BCUT2D eigenvalue weighted by Crippen LogP contribution is 2.41. The van der Waals surface area contributed by atoms with Gasteiger partial charge in [-0.3, -0.25) is 4.98 Å². The summed E-state index contributed by atoms with van der Waals surface area (Å²) in [6, 6.07) is 12.9. The third kappa shape index (κ3) is 3.41. The van der Waals surface area contributed by atoms with E-state index in [0.29, 0.717) is 29.7 Å². The number of sulfonamides is 1. The van der Waals surface area contributed by atoms with E-state index in [0.717, 1.165) is 34.6 Å². The Balaban J connectivity index is 1.45. The minimum Gasteiger partial charge on any atom is -0.486 e. The van der Waals surface area contributed by atoms with Crippen molar-refractivity contribution in [1.82, 2.24) is 9.29 Å². The number of thiophene rings is 1. The maximum atomic E-state index is 13.4. The molecule has 6 nitrogen and oxygen atoms in total. The molecule has 0 amide bonds. The Labute approximate surface area is 173 Å². The molecule has 0 saturated carbocycles. The van der Waals surface area contributed by atoms with Crippen molar-refractivity contribution in [3.05, 3.63) is 60.4 Å². The SMILES string of the molecule is O=S(=O)(c1ccc(-c2ccc3c(c2)OCCO3)s1)N1CCCC1c1cccnc1.